The summed E-state index contributed by atoms with van der Waals surface area (Å²) in [6.45, 7) is 6.19. The number of rotatable bonds is 5. The van der Waals surface area contributed by atoms with Crippen LogP contribution >= 0.6 is 15.9 Å². The highest BCUT2D eigenvalue weighted by molar-refractivity contribution is 9.10. The molecule has 0 saturated carbocycles. The Morgan fingerprint density at radius 2 is 2.27 bits per heavy atom. The van der Waals surface area contributed by atoms with Gasteiger partial charge in [0.05, 0.1) is 4.83 Å². The van der Waals surface area contributed by atoms with Gasteiger partial charge in [0.1, 0.15) is 0 Å². The lowest BCUT2D eigenvalue weighted by Crippen LogP contribution is -2.36. The molecule has 1 amide bonds. The fourth-order valence-corrected chi connectivity index (χ4v) is 2.51. The first kappa shape index (κ1) is 13.0. The topological polar surface area (TPSA) is 40.5 Å². The minimum Gasteiger partial charge on any atom is -0.396 e. The maximum absolute atomic E-state index is 11.7. The highest BCUT2D eigenvalue weighted by atomic mass is 79.9. The molecule has 88 valence electrons. The number of amides is 1. The van der Waals surface area contributed by atoms with E-state index in [1.165, 1.54) is 0 Å². The number of hydrogen-bond donors (Lipinski definition) is 1. The molecule has 1 rings (SSSR count). The minimum absolute atomic E-state index is 0.0196. The molecule has 15 heavy (non-hydrogen) atoms. The van der Waals surface area contributed by atoms with Gasteiger partial charge in [-0.15, -0.1) is 0 Å². The van der Waals surface area contributed by atoms with Crippen LogP contribution in [0, 0.1) is 5.41 Å². The maximum atomic E-state index is 11.7. The number of carbonyl (C=O) groups excluding carboxylic acids is 1. The lowest BCUT2D eigenvalue weighted by atomic mass is 9.87. The molecule has 1 saturated heterocycles. The Bertz CT molecular complexity index is 231. The summed E-state index contributed by atoms with van der Waals surface area (Å²) in [5.41, 5.74) is 0.107. The molecule has 1 heterocycles. The normalized spacial score (nSPS) is 22.5. The molecule has 1 unspecified atom stereocenters. The van der Waals surface area contributed by atoms with Crippen LogP contribution in [0.25, 0.3) is 0 Å². The first-order valence-electron chi connectivity index (χ1n) is 5.50. The van der Waals surface area contributed by atoms with Crippen molar-refractivity contribution < 1.29 is 9.90 Å². The SMILES string of the molecule is CC(C)(CCCO)CN1CCC(Br)C1=O. The standard InChI is InChI=1S/C11H20BrNO2/c1-11(2,5-3-7-14)8-13-6-4-9(12)10(13)15/h9,14H,3-8H2,1-2H3. The molecule has 1 atom stereocenters. The van der Waals surface area contributed by atoms with E-state index in [9.17, 15) is 4.79 Å². The van der Waals surface area contributed by atoms with Crippen molar-refractivity contribution in [1.29, 1.82) is 0 Å². The molecule has 0 bridgehead atoms. The molecule has 0 radical (unpaired) electrons. The van der Waals surface area contributed by atoms with Crippen LogP contribution < -0.4 is 0 Å². The quantitative estimate of drug-likeness (QED) is 0.779. The summed E-state index contributed by atoms with van der Waals surface area (Å²) < 4.78 is 0. The fourth-order valence-electron chi connectivity index (χ4n) is 2.01. The van der Waals surface area contributed by atoms with Crippen molar-refractivity contribution in [2.45, 2.75) is 37.9 Å². The number of aliphatic hydroxyl groups excluding tert-OH is 1. The zero-order chi connectivity index (χ0) is 11.5. The van der Waals surface area contributed by atoms with E-state index in [-0.39, 0.29) is 22.8 Å². The Balaban J connectivity index is 2.43. The molecule has 1 N–H and O–H groups in total. The second-order valence-corrected chi connectivity index (χ2v) is 6.11. The number of nitrogens with zero attached hydrogens (tertiary/aromatic N) is 1. The maximum Gasteiger partial charge on any atom is 0.236 e. The second-order valence-electron chi connectivity index (χ2n) is 5.01. The van der Waals surface area contributed by atoms with Gasteiger partial charge in [-0.3, -0.25) is 4.79 Å². The summed E-state index contributed by atoms with van der Waals surface area (Å²) >= 11 is 3.37. The van der Waals surface area contributed by atoms with Crippen LogP contribution in [0.5, 0.6) is 0 Å². The van der Waals surface area contributed by atoms with E-state index in [4.69, 9.17) is 5.11 Å². The van der Waals surface area contributed by atoms with Crippen LogP contribution in [0.2, 0.25) is 0 Å². The summed E-state index contributed by atoms with van der Waals surface area (Å²) in [7, 11) is 0. The van der Waals surface area contributed by atoms with Gasteiger partial charge in [0.25, 0.3) is 0 Å². The van der Waals surface area contributed by atoms with E-state index in [1.54, 1.807) is 0 Å². The van der Waals surface area contributed by atoms with Crippen molar-refractivity contribution in [3.05, 3.63) is 0 Å². The third-order valence-corrected chi connectivity index (χ3v) is 3.71. The first-order valence-corrected chi connectivity index (χ1v) is 6.41. The summed E-state index contributed by atoms with van der Waals surface area (Å²) in [4.78, 5) is 13.6. The van der Waals surface area contributed by atoms with Gasteiger partial charge in [-0.25, -0.2) is 0 Å². The largest absolute Gasteiger partial charge is 0.396 e. The molecule has 0 aliphatic carbocycles. The number of likely N-dealkylation sites (tertiary alicyclic amines) is 1. The van der Waals surface area contributed by atoms with Crippen LogP contribution in [-0.4, -0.2) is 40.4 Å². The van der Waals surface area contributed by atoms with Crippen molar-refractivity contribution in [2.24, 2.45) is 5.41 Å². The Hall–Kier alpha value is -0.0900. The summed E-state index contributed by atoms with van der Waals surface area (Å²) in [6, 6.07) is 0. The lowest BCUT2D eigenvalue weighted by Gasteiger charge is -2.30. The van der Waals surface area contributed by atoms with Crippen LogP contribution in [-0.2, 0) is 4.79 Å². The summed E-state index contributed by atoms with van der Waals surface area (Å²) in [5, 5.41) is 8.80. The van der Waals surface area contributed by atoms with E-state index < -0.39 is 0 Å². The van der Waals surface area contributed by atoms with E-state index >= 15 is 0 Å². The van der Waals surface area contributed by atoms with Crippen LogP contribution in [0.15, 0.2) is 0 Å². The van der Waals surface area contributed by atoms with Gasteiger partial charge >= 0.3 is 0 Å². The molecular weight excluding hydrogens is 258 g/mol. The molecule has 3 nitrogen and oxygen atoms in total. The molecular formula is C11H20BrNO2. The lowest BCUT2D eigenvalue weighted by molar-refractivity contribution is -0.128. The molecule has 1 aliphatic rings. The van der Waals surface area contributed by atoms with Gasteiger partial charge in [-0.2, -0.15) is 0 Å². The van der Waals surface area contributed by atoms with Crippen LogP contribution in [0.1, 0.15) is 33.1 Å². The molecule has 0 aromatic rings. The molecule has 1 aliphatic heterocycles. The average molecular weight is 278 g/mol. The Morgan fingerprint density at radius 1 is 1.60 bits per heavy atom. The van der Waals surface area contributed by atoms with E-state index in [0.717, 1.165) is 32.4 Å². The molecule has 1 fully saturated rings. The zero-order valence-corrected chi connectivity index (χ0v) is 11.1. The molecule has 0 aromatic carbocycles. The molecule has 0 aromatic heterocycles. The minimum atomic E-state index is 0.0196. The predicted octanol–water partition coefficient (Wildman–Crippen LogP) is 1.78. The van der Waals surface area contributed by atoms with Gasteiger partial charge in [-0.05, 0) is 24.7 Å². The van der Waals surface area contributed by atoms with Gasteiger partial charge in [0.2, 0.25) is 5.91 Å². The second kappa shape index (κ2) is 5.30. The van der Waals surface area contributed by atoms with Crippen molar-refractivity contribution in [2.75, 3.05) is 19.7 Å². The van der Waals surface area contributed by atoms with Crippen LogP contribution in [0.3, 0.4) is 0 Å². The van der Waals surface area contributed by atoms with E-state index in [1.807, 2.05) is 4.90 Å². The summed E-state index contributed by atoms with van der Waals surface area (Å²) in [5.74, 6) is 0.215. The number of hydrogen-bond acceptors (Lipinski definition) is 2. The Morgan fingerprint density at radius 3 is 2.73 bits per heavy atom. The van der Waals surface area contributed by atoms with Crippen molar-refractivity contribution in [3.8, 4) is 0 Å². The van der Waals surface area contributed by atoms with Crippen molar-refractivity contribution in [3.63, 3.8) is 0 Å². The third-order valence-electron chi connectivity index (χ3n) is 2.86. The Labute approximate surface area is 100.0 Å². The smallest absolute Gasteiger partial charge is 0.236 e. The first-order chi connectivity index (χ1) is 6.96. The number of aliphatic hydroxyl groups is 1. The van der Waals surface area contributed by atoms with Gasteiger partial charge in [0.15, 0.2) is 0 Å². The predicted molar refractivity (Wildman–Crippen MR) is 64.0 cm³/mol. The average Bonchev–Trinajstić information content (AvgIpc) is 2.46. The monoisotopic (exact) mass is 277 g/mol. The highest BCUT2D eigenvalue weighted by Crippen LogP contribution is 2.27. The highest BCUT2D eigenvalue weighted by Gasteiger charge is 2.32. The zero-order valence-electron chi connectivity index (χ0n) is 9.50. The van der Waals surface area contributed by atoms with Crippen molar-refractivity contribution in [1.82, 2.24) is 4.90 Å². The molecule has 4 heteroatoms. The van der Waals surface area contributed by atoms with Gasteiger partial charge < -0.3 is 10.0 Å². The van der Waals surface area contributed by atoms with Gasteiger partial charge in [-0.1, -0.05) is 29.8 Å². The molecule has 0 spiro atoms. The van der Waals surface area contributed by atoms with Crippen molar-refractivity contribution >= 4 is 21.8 Å². The fraction of sp³-hybridized carbons (Fsp3) is 0.909. The number of alkyl halides is 1. The van der Waals surface area contributed by atoms with E-state index in [2.05, 4.69) is 29.8 Å². The number of carbonyl (C=O) groups is 1. The van der Waals surface area contributed by atoms with E-state index in [0.29, 0.717) is 0 Å². The van der Waals surface area contributed by atoms with Crippen LogP contribution in [0.4, 0.5) is 0 Å². The summed E-state index contributed by atoms with van der Waals surface area (Å²) in [6.07, 6.45) is 2.68. The third kappa shape index (κ3) is 3.76. The van der Waals surface area contributed by atoms with Gasteiger partial charge in [0, 0.05) is 19.7 Å². The Kier molecular flexibility index (Phi) is 4.59. The number of halogens is 1.